The standard InChI is InChI=1S/C42H44N4O7/c47-35-15-13-33(34-14-16-38(49)44-40(34)35)36(48)24-43-20-17-27-9-11-28(12-10-27)26-52-41(50)32-8-4-7-31(23-32)39(30-5-2-1-3-6-30)45-42(51)53-37-25-46-21-18-29(37)19-22-46/h1-16,23,29,36-37,39,43,47-48H,17-22,24-26H2,(H,44,49)(H,45,51)/t36-,37+,39?/m1/s1. The number of carbonyl (C=O) groups excluding carboxylic acids is 2. The van der Waals surface area contributed by atoms with Crippen LogP contribution in [0.4, 0.5) is 4.79 Å². The number of phenols is 1. The molecule has 5 N–H and O–H groups in total. The van der Waals surface area contributed by atoms with Crippen LogP contribution < -0.4 is 16.2 Å². The van der Waals surface area contributed by atoms with E-state index < -0.39 is 24.2 Å². The van der Waals surface area contributed by atoms with Gasteiger partial charge in [-0.25, -0.2) is 9.59 Å². The lowest BCUT2D eigenvalue weighted by molar-refractivity contribution is -0.0336. The fourth-order valence-corrected chi connectivity index (χ4v) is 7.35. The molecule has 2 bridgehead atoms. The van der Waals surface area contributed by atoms with Gasteiger partial charge in [0, 0.05) is 24.5 Å². The number of esters is 1. The summed E-state index contributed by atoms with van der Waals surface area (Å²) in [4.78, 5) is 43.0. The summed E-state index contributed by atoms with van der Waals surface area (Å²) < 4.78 is 11.6. The van der Waals surface area contributed by atoms with Gasteiger partial charge < -0.3 is 35.3 Å². The van der Waals surface area contributed by atoms with E-state index in [1.165, 1.54) is 12.1 Å². The van der Waals surface area contributed by atoms with Crippen molar-refractivity contribution in [2.75, 3.05) is 32.7 Å². The fraction of sp³-hybridized carbons (Fsp3) is 0.310. The van der Waals surface area contributed by atoms with Crippen LogP contribution in [0, 0.1) is 5.92 Å². The summed E-state index contributed by atoms with van der Waals surface area (Å²) in [5, 5.41) is 27.8. The molecular formula is C42H44N4O7. The number of rotatable bonds is 13. The van der Waals surface area contributed by atoms with E-state index in [1.54, 1.807) is 30.3 Å². The van der Waals surface area contributed by atoms with Crippen LogP contribution in [0.3, 0.4) is 0 Å². The molecule has 3 atom stereocenters. The molecule has 0 aliphatic carbocycles. The van der Waals surface area contributed by atoms with Crippen molar-refractivity contribution in [1.82, 2.24) is 20.5 Å². The van der Waals surface area contributed by atoms with Crippen molar-refractivity contribution in [2.24, 2.45) is 5.92 Å². The van der Waals surface area contributed by atoms with Crippen LogP contribution in [-0.4, -0.2) is 71.0 Å². The van der Waals surface area contributed by atoms with Crippen LogP contribution in [0.5, 0.6) is 5.75 Å². The third kappa shape index (κ3) is 8.77. The quantitative estimate of drug-likeness (QED) is 0.0800. The van der Waals surface area contributed by atoms with Gasteiger partial charge in [-0.15, -0.1) is 0 Å². The predicted octanol–water partition coefficient (Wildman–Crippen LogP) is 5.37. The first-order chi connectivity index (χ1) is 25.8. The second kappa shape index (κ2) is 16.5. The first-order valence-corrected chi connectivity index (χ1v) is 18.1. The Balaban J connectivity index is 0.907. The number of phenolic OH excluding ortho intramolecular Hbond substituents is 1. The zero-order chi connectivity index (χ0) is 36.7. The molecule has 11 nitrogen and oxygen atoms in total. The SMILES string of the molecule is O=C(NC(c1ccccc1)c1cccc(C(=O)OCc2ccc(CCNC[C@@H](O)c3ccc(O)c4[nH]c(=O)ccc34)cc2)c1)O[C@H]1CN2CCC1CC2. The number of ether oxygens (including phenoxy) is 2. The van der Waals surface area contributed by atoms with Gasteiger partial charge in [0.2, 0.25) is 5.56 Å². The van der Waals surface area contributed by atoms with Gasteiger partial charge in [-0.1, -0.05) is 72.8 Å². The number of nitrogens with one attached hydrogen (secondary N) is 3. The molecular weight excluding hydrogens is 672 g/mol. The van der Waals surface area contributed by atoms with Gasteiger partial charge in [0.15, 0.2) is 0 Å². The lowest BCUT2D eigenvalue weighted by atomic mass is 9.86. The lowest BCUT2D eigenvalue weighted by Gasteiger charge is -2.43. The number of hydrogen-bond donors (Lipinski definition) is 5. The summed E-state index contributed by atoms with van der Waals surface area (Å²) in [6.07, 6.45) is 1.39. The van der Waals surface area contributed by atoms with Crippen LogP contribution >= 0.6 is 0 Å². The molecule has 3 aliphatic heterocycles. The van der Waals surface area contributed by atoms with Crippen molar-refractivity contribution in [2.45, 2.75) is 44.1 Å². The Labute approximate surface area is 307 Å². The molecule has 274 valence electrons. The summed E-state index contributed by atoms with van der Waals surface area (Å²) in [6, 6.07) is 30.2. The number of pyridine rings is 1. The maximum Gasteiger partial charge on any atom is 0.408 e. The van der Waals surface area contributed by atoms with E-state index in [0.29, 0.717) is 47.5 Å². The first kappa shape index (κ1) is 35.9. The molecule has 3 saturated heterocycles. The first-order valence-electron chi connectivity index (χ1n) is 18.1. The highest BCUT2D eigenvalue weighted by Crippen LogP contribution is 2.31. The third-order valence-electron chi connectivity index (χ3n) is 10.3. The van der Waals surface area contributed by atoms with Gasteiger partial charge in [0.25, 0.3) is 0 Å². The molecule has 0 spiro atoms. The molecule has 11 heteroatoms. The van der Waals surface area contributed by atoms with Crippen molar-refractivity contribution in [3.05, 3.63) is 147 Å². The molecule has 1 unspecified atom stereocenters. The Morgan fingerprint density at radius 3 is 2.40 bits per heavy atom. The van der Waals surface area contributed by atoms with Crippen molar-refractivity contribution < 1.29 is 29.3 Å². The largest absolute Gasteiger partial charge is 0.506 e. The van der Waals surface area contributed by atoms with Gasteiger partial charge >= 0.3 is 12.1 Å². The Morgan fingerprint density at radius 1 is 0.887 bits per heavy atom. The monoisotopic (exact) mass is 716 g/mol. The molecule has 4 heterocycles. The highest BCUT2D eigenvalue weighted by molar-refractivity contribution is 5.90. The number of hydrogen-bond acceptors (Lipinski definition) is 9. The average molecular weight is 717 g/mol. The number of amides is 1. The molecule has 3 aliphatic rings. The number of aromatic amines is 1. The minimum Gasteiger partial charge on any atom is -0.506 e. The van der Waals surface area contributed by atoms with Crippen molar-refractivity contribution in [1.29, 1.82) is 0 Å². The van der Waals surface area contributed by atoms with E-state index >= 15 is 0 Å². The predicted molar refractivity (Wildman–Crippen MR) is 201 cm³/mol. The summed E-state index contributed by atoms with van der Waals surface area (Å²) in [6.45, 7) is 3.91. The highest BCUT2D eigenvalue weighted by Gasteiger charge is 2.37. The van der Waals surface area contributed by atoms with E-state index in [-0.39, 0.29) is 24.0 Å². The number of aromatic nitrogens is 1. The summed E-state index contributed by atoms with van der Waals surface area (Å²) >= 11 is 0. The number of aromatic hydroxyl groups is 1. The second-order valence-electron chi connectivity index (χ2n) is 13.8. The summed E-state index contributed by atoms with van der Waals surface area (Å²) in [7, 11) is 0. The second-order valence-corrected chi connectivity index (χ2v) is 13.8. The van der Waals surface area contributed by atoms with E-state index in [0.717, 1.165) is 54.7 Å². The van der Waals surface area contributed by atoms with Crippen molar-refractivity contribution >= 4 is 23.0 Å². The average Bonchev–Trinajstić information content (AvgIpc) is 3.19. The molecule has 0 radical (unpaired) electrons. The lowest BCUT2D eigenvalue weighted by Crippen LogP contribution is -2.52. The van der Waals surface area contributed by atoms with Gasteiger partial charge in [0.05, 0.1) is 23.2 Å². The number of alkyl carbamates (subject to hydrolysis) is 1. The number of benzene rings is 4. The number of nitrogens with zero attached hydrogens (tertiary/aromatic N) is 1. The highest BCUT2D eigenvalue weighted by atomic mass is 16.6. The zero-order valence-electron chi connectivity index (χ0n) is 29.4. The van der Waals surface area contributed by atoms with E-state index in [9.17, 15) is 24.6 Å². The number of aliphatic hydroxyl groups excluding tert-OH is 1. The summed E-state index contributed by atoms with van der Waals surface area (Å²) in [5.74, 6) is -0.116. The Morgan fingerprint density at radius 2 is 1.64 bits per heavy atom. The van der Waals surface area contributed by atoms with Crippen molar-refractivity contribution in [3.8, 4) is 5.75 Å². The molecule has 8 rings (SSSR count). The van der Waals surface area contributed by atoms with E-state index in [1.807, 2.05) is 60.7 Å². The van der Waals surface area contributed by atoms with Gasteiger partial charge in [-0.05, 0) is 96.9 Å². The molecule has 3 fully saturated rings. The Bertz CT molecular complexity index is 2100. The molecule has 53 heavy (non-hydrogen) atoms. The normalized spacial score (nSPS) is 19.0. The molecule has 5 aromatic rings. The van der Waals surface area contributed by atoms with E-state index in [2.05, 4.69) is 20.5 Å². The van der Waals surface area contributed by atoms with Gasteiger partial charge in [-0.2, -0.15) is 0 Å². The number of aliphatic hydroxyl groups is 1. The van der Waals surface area contributed by atoms with Crippen LogP contribution in [0.1, 0.15) is 63.2 Å². The van der Waals surface area contributed by atoms with Crippen LogP contribution in [-0.2, 0) is 22.5 Å². The van der Waals surface area contributed by atoms with Crippen molar-refractivity contribution in [3.63, 3.8) is 0 Å². The van der Waals surface area contributed by atoms with Crippen LogP contribution in [0.25, 0.3) is 10.9 Å². The van der Waals surface area contributed by atoms with Crippen LogP contribution in [0.2, 0.25) is 0 Å². The topological polar surface area (TPSA) is 153 Å². The Kier molecular flexibility index (Phi) is 11.1. The molecule has 1 aromatic heterocycles. The number of H-pyrrole nitrogens is 1. The number of carbonyl (C=O) groups is 2. The zero-order valence-corrected chi connectivity index (χ0v) is 29.4. The maximum atomic E-state index is 13.2. The van der Waals surface area contributed by atoms with E-state index in [4.69, 9.17) is 9.47 Å². The summed E-state index contributed by atoms with van der Waals surface area (Å²) in [5.41, 5.74) is 4.51. The number of piperidine rings is 3. The third-order valence-corrected chi connectivity index (χ3v) is 10.3. The van der Waals surface area contributed by atoms with Crippen LogP contribution in [0.15, 0.2) is 108 Å². The minimum absolute atomic E-state index is 0.0476. The molecule has 1 amide bonds. The minimum atomic E-state index is -0.835. The molecule has 4 aromatic carbocycles. The molecule has 0 saturated carbocycles. The van der Waals surface area contributed by atoms with Gasteiger partial charge in [0.1, 0.15) is 18.5 Å². The van der Waals surface area contributed by atoms with Gasteiger partial charge in [-0.3, -0.25) is 9.69 Å². The smallest absolute Gasteiger partial charge is 0.408 e. The number of fused-ring (bicyclic) bond motifs is 4. The maximum absolute atomic E-state index is 13.2. The Hall–Kier alpha value is -5.49. The fourth-order valence-electron chi connectivity index (χ4n) is 7.35.